The summed E-state index contributed by atoms with van der Waals surface area (Å²) in [6.45, 7) is 1.89. The molecule has 0 atom stereocenters. The van der Waals surface area contributed by atoms with Crippen LogP contribution in [0.1, 0.15) is 5.82 Å². The number of aromatic nitrogens is 2. The maximum absolute atomic E-state index is 5.93. The first-order valence-corrected chi connectivity index (χ1v) is 8.03. The van der Waals surface area contributed by atoms with Gasteiger partial charge in [0.05, 0.1) is 6.54 Å². The molecule has 0 N–H and O–H groups in total. The number of nitrogens with zero attached hydrogens (tertiary/aromatic N) is 3. The lowest BCUT2D eigenvalue weighted by molar-refractivity contribution is 0.228. The molecule has 0 radical (unpaired) electrons. The molecule has 0 aliphatic heterocycles. The van der Waals surface area contributed by atoms with Gasteiger partial charge >= 0.3 is 0 Å². The molecule has 0 unspecified atom stereocenters. The van der Waals surface area contributed by atoms with Crippen molar-refractivity contribution in [2.24, 2.45) is 0 Å². The number of hydrogen-bond donors (Lipinski definition) is 0. The van der Waals surface area contributed by atoms with Crippen LogP contribution in [0.3, 0.4) is 0 Å². The zero-order valence-corrected chi connectivity index (χ0v) is 14.1. The molecule has 0 saturated heterocycles. The van der Waals surface area contributed by atoms with E-state index < -0.39 is 0 Å². The number of rotatable bonds is 7. The zero-order valence-electron chi connectivity index (χ0n) is 13.4. The summed E-state index contributed by atoms with van der Waals surface area (Å²) in [5.74, 6) is 1.95. The second kappa shape index (κ2) is 7.95. The van der Waals surface area contributed by atoms with Crippen LogP contribution in [0.25, 0.3) is 11.5 Å². The molecule has 3 aromatic rings. The second-order valence-electron chi connectivity index (χ2n) is 5.43. The van der Waals surface area contributed by atoms with Crippen LogP contribution in [0.2, 0.25) is 5.02 Å². The molecule has 2 aromatic carbocycles. The van der Waals surface area contributed by atoms with E-state index in [1.54, 1.807) is 6.07 Å². The van der Waals surface area contributed by atoms with E-state index in [1.165, 1.54) is 0 Å². The van der Waals surface area contributed by atoms with Crippen LogP contribution in [0.5, 0.6) is 5.75 Å². The zero-order chi connectivity index (χ0) is 16.8. The van der Waals surface area contributed by atoms with Crippen molar-refractivity contribution in [2.75, 3.05) is 20.2 Å². The van der Waals surface area contributed by atoms with Gasteiger partial charge in [-0.2, -0.15) is 4.98 Å². The predicted octanol–water partition coefficient (Wildman–Crippen LogP) is 3.90. The number of ether oxygens (including phenoxy) is 1. The highest BCUT2D eigenvalue weighted by Crippen LogP contribution is 2.18. The van der Waals surface area contributed by atoms with Gasteiger partial charge in [-0.3, -0.25) is 4.90 Å². The second-order valence-corrected chi connectivity index (χ2v) is 5.86. The third-order valence-corrected chi connectivity index (χ3v) is 3.67. The molecule has 0 aliphatic carbocycles. The Labute approximate surface area is 145 Å². The van der Waals surface area contributed by atoms with Crippen molar-refractivity contribution in [2.45, 2.75) is 6.54 Å². The molecule has 5 nitrogen and oxygen atoms in total. The Kier molecular flexibility index (Phi) is 5.46. The fourth-order valence-electron chi connectivity index (χ4n) is 2.21. The van der Waals surface area contributed by atoms with Gasteiger partial charge in [0, 0.05) is 17.1 Å². The first kappa shape index (κ1) is 16.5. The lowest BCUT2D eigenvalue weighted by Crippen LogP contribution is -2.24. The van der Waals surface area contributed by atoms with Crippen LogP contribution in [-0.4, -0.2) is 35.2 Å². The van der Waals surface area contributed by atoms with E-state index in [0.29, 0.717) is 29.9 Å². The Bertz CT molecular complexity index is 777. The minimum absolute atomic E-state index is 0.536. The molecule has 3 rings (SSSR count). The Morgan fingerprint density at radius 2 is 1.96 bits per heavy atom. The van der Waals surface area contributed by atoms with E-state index in [0.717, 1.165) is 17.9 Å². The molecule has 0 spiro atoms. The highest BCUT2D eigenvalue weighted by Gasteiger charge is 2.10. The monoisotopic (exact) mass is 343 g/mol. The van der Waals surface area contributed by atoms with Crippen LogP contribution < -0.4 is 4.74 Å². The van der Waals surface area contributed by atoms with Crippen LogP contribution in [0.15, 0.2) is 59.1 Å². The van der Waals surface area contributed by atoms with Gasteiger partial charge in [-0.15, -0.1) is 0 Å². The van der Waals surface area contributed by atoms with Gasteiger partial charge in [-0.1, -0.05) is 41.0 Å². The SMILES string of the molecule is CN(CCOc1cccc(Cl)c1)Cc1noc(-c2ccccc2)n1. The molecule has 0 bridgehead atoms. The van der Waals surface area contributed by atoms with Crippen molar-refractivity contribution in [1.82, 2.24) is 15.0 Å². The first-order valence-electron chi connectivity index (χ1n) is 7.65. The Morgan fingerprint density at radius 1 is 1.12 bits per heavy atom. The Hall–Kier alpha value is -2.37. The van der Waals surface area contributed by atoms with Crippen molar-refractivity contribution in [3.05, 3.63) is 65.4 Å². The first-order chi connectivity index (χ1) is 11.7. The van der Waals surface area contributed by atoms with Crippen molar-refractivity contribution in [3.8, 4) is 17.2 Å². The summed E-state index contributed by atoms with van der Waals surface area (Å²) < 4.78 is 11.0. The summed E-state index contributed by atoms with van der Waals surface area (Å²) in [7, 11) is 1.99. The van der Waals surface area contributed by atoms with Gasteiger partial charge in [0.25, 0.3) is 5.89 Å². The van der Waals surface area contributed by atoms with Gasteiger partial charge in [0.1, 0.15) is 12.4 Å². The quantitative estimate of drug-likeness (QED) is 0.651. The van der Waals surface area contributed by atoms with Crippen LogP contribution in [-0.2, 0) is 6.54 Å². The van der Waals surface area contributed by atoms with Gasteiger partial charge in [0.15, 0.2) is 5.82 Å². The third kappa shape index (κ3) is 4.57. The smallest absolute Gasteiger partial charge is 0.257 e. The highest BCUT2D eigenvalue weighted by molar-refractivity contribution is 6.30. The van der Waals surface area contributed by atoms with Crippen molar-refractivity contribution in [1.29, 1.82) is 0 Å². The van der Waals surface area contributed by atoms with E-state index in [9.17, 15) is 0 Å². The maximum atomic E-state index is 5.93. The van der Waals surface area contributed by atoms with E-state index in [4.69, 9.17) is 20.9 Å². The molecule has 0 fully saturated rings. The van der Waals surface area contributed by atoms with Gasteiger partial charge in [0.2, 0.25) is 0 Å². The Balaban J connectivity index is 1.48. The minimum atomic E-state index is 0.536. The van der Waals surface area contributed by atoms with E-state index in [2.05, 4.69) is 15.0 Å². The molecule has 0 saturated carbocycles. The van der Waals surface area contributed by atoms with Crippen molar-refractivity contribution < 1.29 is 9.26 Å². The maximum Gasteiger partial charge on any atom is 0.257 e. The summed E-state index contributed by atoms with van der Waals surface area (Å²) in [6.07, 6.45) is 0. The highest BCUT2D eigenvalue weighted by atomic mass is 35.5. The van der Waals surface area contributed by atoms with Crippen LogP contribution >= 0.6 is 11.6 Å². The lowest BCUT2D eigenvalue weighted by Gasteiger charge is -2.14. The summed E-state index contributed by atoms with van der Waals surface area (Å²) in [5.41, 5.74) is 0.920. The fraction of sp³-hybridized carbons (Fsp3) is 0.222. The number of hydrogen-bond acceptors (Lipinski definition) is 5. The molecule has 24 heavy (non-hydrogen) atoms. The average molecular weight is 344 g/mol. The number of halogens is 1. The van der Waals surface area contributed by atoms with E-state index in [-0.39, 0.29) is 0 Å². The Morgan fingerprint density at radius 3 is 2.75 bits per heavy atom. The molecule has 0 aliphatic rings. The summed E-state index contributed by atoms with van der Waals surface area (Å²) in [6, 6.07) is 17.1. The van der Waals surface area contributed by atoms with Crippen molar-refractivity contribution in [3.63, 3.8) is 0 Å². The predicted molar refractivity (Wildman–Crippen MR) is 93.0 cm³/mol. The largest absolute Gasteiger partial charge is 0.492 e. The lowest BCUT2D eigenvalue weighted by atomic mass is 10.2. The van der Waals surface area contributed by atoms with Crippen LogP contribution in [0, 0.1) is 0 Å². The number of likely N-dealkylation sites (N-methyl/N-ethyl adjacent to an activating group) is 1. The summed E-state index contributed by atoms with van der Waals surface area (Å²) in [5, 5.41) is 4.69. The molecule has 0 amide bonds. The molecular weight excluding hydrogens is 326 g/mol. The van der Waals surface area contributed by atoms with Gasteiger partial charge in [-0.25, -0.2) is 0 Å². The van der Waals surface area contributed by atoms with Gasteiger partial charge < -0.3 is 9.26 Å². The van der Waals surface area contributed by atoms with Crippen LogP contribution in [0.4, 0.5) is 0 Å². The number of benzene rings is 2. The summed E-state index contributed by atoms with van der Waals surface area (Å²) in [4.78, 5) is 6.49. The molecule has 1 heterocycles. The normalized spacial score (nSPS) is 11.0. The minimum Gasteiger partial charge on any atom is -0.492 e. The summed E-state index contributed by atoms with van der Waals surface area (Å²) >= 11 is 5.93. The third-order valence-electron chi connectivity index (χ3n) is 3.44. The molecule has 6 heteroatoms. The molecular formula is C18H18ClN3O2. The topological polar surface area (TPSA) is 51.4 Å². The fourth-order valence-corrected chi connectivity index (χ4v) is 2.39. The molecule has 1 aromatic heterocycles. The van der Waals surface area contributed by atoms with E-state index in [1.807, 2.05) is 55.6 Å². The molecule has 124 valence electrons. The average Bonchev–Trinajstić information content (AvgIpc) is 3.04. The standard InChI is InChI=1S/C18H18ClN3O2/c1-22(10-11-23-16-9-5-8-15(19)12-16)13-17-20-18(24-21-17)14-6-3-2-4-7-14/h2-9,12H,10-11,13H2,1H3. The van der Waals surface area contributed by atoms with Crippen molar-refractivity contribution >= 4 is 11.6 Å². The van der Waals surface area contributed by atoms with Gasteiger partial charge in [-0.05, 0) is 37.4 Å². The van der Waals surface area contributed by atoms with E-state index >= 15 is 0 Å².